The van der Waals surface area contributed by atoms with E-state index < -0.39 is 22.8 Å². The molecule has 0 atom stereocenters. The maximum Gasteiger partial charge on any atom is 0.266 e. The molecule has 0 saturated carbocycles. The van der Waals surface area contributed by atoms with Crippen molar-refractivity contribution >= 4 is 21.8 Å². The lowest BCUT2D eigenvalue weighted by Crippen LogP contribution is -2.37. The molecular formula is C21H23BrF2N2O4. The second-order valence-electron chi connectivity index (χ2n) is 7.36. The fraction of sp³-hybridized carbons (Fsp3) is 0.333. The first kappa shape index (κ1) is 23.8. The number of rotatable bonds is 8. The van der Waals surface area contributed by atoms with Crippen LogP contribution in [0.15, 0.2) is 39.6 Å². The molecule has 0 fully saturated rings. The van der Waals surface area contributed by atoms with Crippen molar-refractivity contribution < 1.29 is 23.4 Å². The second kappa shape index (κ2) is 9.99. The van der Waals surface area contributed by atoms with Gasteiger partial charge in [0.2, 0.25) is 5.91 Å². The van der Waals surface area contributed by atoms with Gasteiger partial charge in [0.05, 0.1) is 5.60 Å². The van der Waals surface area contributed by atoms with Crippen LogP contribution in [0.1, 0.15) is 30.7 Å². The van der Waals surface area contributed by atoms with Gasteiger partial charge in [0.1, 0.15) is 28.5 Å². The summed E-state index contributed by atoms with van der Waals surface area (Å²) in [6.07, 6.45) is 3.14. The Morgan fingerprint density at radius 2 is 2.07 bits per heavy atom. The molecule has 1 amide bonds. The highest BCUT2D eigenvalue weighted by molar-refractivity contribution is 9.10. The molecule has 3 N–H and O–H groups in total. The number of carbonyl (C=O) groups excluding carboxylic acids is 1. The number of hydrogen-bond donors (Lipinski definition) is 3. The minimum Gasteiger partial charge on any atom is -0.487 e. The first-order valence-electron chi connectivity index (χ1n) is 9.12. The predicted octanol–water partition coefficient (Wildman–Crippen LogP) is 3.29. The van der Waals surface area contributed by atoms with Crippen LogP contribution in [-0.4, -0.2) is 28.1 Å². The van der Waals surface area contributed by atoms with E-state index in [4.69, 9.17) is 4.74 Å². The van der Waals surface area contributed by atoms with Crippen molar-refractivity contribution in [2.24, 2.45) is 0 Å². The van der Waals surface area contributed by atoms with Crippen LogP contribution in [0.25, 0.3) is 0 Å². The van der Waals surface area contributed by atoms with Crippen LogP contribution in [0, 0.1) is 18.6 Å². The Bertz CT molecular complexity index is 1010. The summed E-state index contributed by atoms with van der Waals surface area (Å²) in [5.41, 5.74) is -0.193. The molecule has 0 radical (unpaired) electrons. The highest BCUT2D eigenvalue weighted by Crippen LogP contribution is 2.29. The molecule has 2 rings (SSSR count). The highest BCUT2D eigenvalue weighted by Gasteiger charge is 2.16. The van der Waals surface area contributed by atoms with Gasteiger partial charge in [-0.25, -0.2) is 8.78 Å². The second-order valence-corrected chi connectivity index (χ2v) is 8.15. The number of carbonyl (C=O) groups is 1. The van der Waals surface area contributed by atoms with Gasteiger partial charge in [-0.1, -0.05) is 6.08 Å². The highest BCUT2D eigenvalue weighted by atomic mass is 79.9. The fourth-order valence-corrected chi connectivity index (χ4v) is 2.99. The largest absolute Gasteiger partial charge is 0.487 e. The van der Waals surface area contributed by atoms with Gasteiger partial charge < -0.3 is 20.1 Å². The van der Waals surface area contributed by atoms with Gasteiger partial charge >= 0.3 is 0 Å². The Morgan fingerprint density at radius 1 is 1.37 bits per heavy atom. The summed E-state index contributed by atoms with van der Waals surface area (Å²) in [6.45, 7) is 4.71. The SMILES string of the molecule is Cc1[nH]c(=O)c(Br)c(OCc2ccc(F)cc2F)c1C/C=C/C(=O)NCC(C)(C)O. The molecule has 0 aliphatic carbocycles. The lowest BCUT2D eigenvalue weighted by molar-refractivity contribution is -0.117. The van der Waals surface area contributed by atoms with Gasteiger partial charge in [0.25, 0.3) is 5.56 Å². The number of ether oxygens (including phenoxy) is 1. The number of H-pyrrole nitrogens is 1. The van der Waals surface area contributed by atoms with E-state index in [-0.39, 0.29) is 41.3 Å². The van der Waals surface area contributed by atoms with Crippen LogP contribution >= 0.6 is 15.9 Å². The zero-order chi connectivity index (χ0) is 22.5. The van der Waals surface area contributed by atoms with Crippen molar-refractivity contribution in [1.29, 1.82) is 0 Å². The Kier molecular flexibility index (Phi) is 7.91. The summed E-state index contributed by atoms with van der Waals surface area (Å²) < 4.78 is 32.8. The van der Waals surface area contributed by atoms with Gasteiger partial charge in [-0.3, -0.25) is 9.59 Å². The molecule has 0 aliphatic heterocycles. The number of aliphatic hydroxyl groups is 1. The summed E-state index contributed by atoms with van der Waals surface area (Å²) in [7, 11) is 0. The monoisotopic (exact) mass is 484 g/mol. The number of allylic oxidation sites excluding steroid dienone is 1. The fourth-order valence-electron chi connectivity index (χ4n) is 2.54. The number of nitrogens with one attached hydrogen (secondary N) is 2. The summed E-state index contributed by atoms with van der Waals surface area (Å²) in [5, 5.41) is 12.2. The average molecular weight is 485 g/mol. The van der Waals surface area contributed by atoms with Gasteiger partial charge in [0, 0.05) is 29.4 Å². The van der Waals surface area contributed by atoms with Gasteiger partial charge in [0.15, 0.2) is 0 Å². The van der Waals surface area contributed by atoms with Crippen LogP contribution in [-0.2, 0) is 17.8 Å². The molecule has 0 unspecified atom stereocenters. The summed E-state index contributed by atoms with van der Waals surface area (Å²) in [5.74, 6) is -1.62. The van der Waals surface area contributed by atoms with Gasteiger partial charge in [-0.05, 0) is 61.3 Å². The van der Waals surface area contributed by atoms with E-state index in [1.54, 1.807) is 26.8 Å². The van der Waals surface area contributed by atoms with Gasteiger partial charge in [-0.15, -0.1) is 0 Å². The number of benzene rings is 1. The maximum absolute atomic E-state index is 13.9. The number of amides is 1. The Balaban J connectivity index is 2.19. The molecule has 0 saturated heterocycles. The van der Waals surface area contributed by atoms with E-state index in [1.165, 1.54) is 12.1 Å². The molecule has 1 heterocycles. The minimum atomic E-state index is -1.03. The lowest BCUT2D eigenvalue weighted by Gasteiger charge is -2.16. The molecule has 0 bridgehead atoms. The molecule has 2 aromatic rings. The summed E-state index contributed by atoms with van der Waals surface area (Å²) >= 11 is 3.18. The number of pyridine rings is 1. The third-order valence-corrected chi connectivity index (χ3v) is 4.82. The van der Waals surface area contributed by atoms with Crippen LogP contribution in [0.2, 0.25) is 0 Å². The first-order chi connectivity index (χ1) is 14.0. The van der Waals surface area contributed by atoms with Gasteiger partial charge in [-0.2, -0.15) is 0 Å². The van der Waals surface area contributed by atoms with Crippen molar-refractivity contribution in [3.05, 3.63) is 73.6 Å². The topological polar surface area (TPSA) is 91.4 Å². The molecule has 6 nitrogen and oxygen atoms in total. The van der Waals surface area contributed by atoms with E-state index in [9.17, 15) is 23.5 Å². The number of hydrogen-bond acceptors (Lipinski definition) is 4. The standard InChI is InChI=1S/C21H23BrF2N2O4/c1-12-15(5-4-6-17(27)25-11-21(2,3)29)19(18(22)20(28)26-12)30-10-13-7-8-14(23)9-16(13)24/h4,6-9,29H,5,10-11H2,1-3H3,(H,25,27)(H,26,28)/b6-4+. The van der Waals surface area contributed by atoms with Crippen molar-refractivity contribution in [2.75, 3.05) is 6.54 Å². The molecular weight excluding hydrogens is 462 g/mol. The average Bonchev–Trinajstić information content (AvgIpc) is 2.64. The lowest BCUT2D eigenvalue weighted by atomic mass is 10.1. The molecule has 9 heteroatoms. The third-order valence-electron chi connectivity index (χ3n) is 4.10. The summed E-state index contributed by atoms with van der Waals surface area (Å²) in [4.78, 5) is 26.6. The zero-order valence-electron chi connectivity index (χ0n) is 16.8. The third kappa shape index (κ3) is 6.77. The number of aromatic nitrogens is 1. The van der Waals surface area contributed by atoms with E-state index >= 15 is 0 Å². The Morgan fingerprint density at radius 3 is 2.70 bits per heavy atom. The molecule has 1 aromatic heterocycles. The quantitative estimate of drug-likeness (QED) is 0.501. The molecule has 30 heavy (non-hydrogen) atoms. The van der Waals surface area contributed by atoms with Crippen LogP contribution < -0.4 is 15.6 Å². The van der Waals surface area contributed by atoms with E-state index in [0.717, 1.165) is 12.1 Å². The van der Waals surface area contributed by atoms with Crippen molar-refractivity contribution in [3.63, 3.8) is 0 Å². The normalized spacial score (nSPS) is 11.7. The molecule has 0 aliphatic rings. The maximum atomic E-state index is 13.9. The Hall–Kier alpha value is -2.52. The van der Waals surface area contributed by atoms with Crippen molar-refractivity contribution in [1.82, 2.24) is 10.3 Å². The summed E-state index contributed by atoms with van der Waals surface area (Å²) in [6, 6.07) is 3.15. The predicted molar refractivity (Wildman–Crippen MR) is 112 cm³/mol. The van der Waals surface area contributed by atoms with E-state index in [0.29, 0.717) is 11.3 Å². The number of aryl methyl sites for hydroxylation is 1. The minimum absolute atomic E-state index is 0.0942. The molecule has 0 spiro atoms. The van der Waals surface area contributed by atoms with Crippen molar-refractivity contribution in [3.8, 4) is 5.75 Å². The smallest absolute Gasteiger partial charge is 0.266 e. The van der Waals surface area contributed by atoms with Crippen LogP contribution in [0.5, 0.6) is 5.75 Å². The number of halogens is 3. The Labute approximate surface area is 181 Å². The number of aromatic amines is 1. The molecule has 1 aromatic carbocycles. The van der Waals surface area contributed by atoms with Crippen LogP contribution in [0.3, 0.4) is 0 Å². The zero-order valence-corrected chi connectivity index (χ0v) is 18.4. The van der Waals surface area contributed by atoms with E-state index in [1.807, 2.05) is 0 Å². The van der Waals surface area contributed by atoms with Crippen molar-refractivity contribution in [2.45, 2.75) is 39.4 Å². The first-order valence-corrected chi connectivity index (χ1v) is 9.92. The molecule has 162 valence electrons. The van der Waals surface area contributed by atoms with Crippen LogP contribution in [0.4, 0.5) is 8.78 Å². The van der Waals surface area contributed by atoms with E-state index in [2.05, 4.69) is 26.2 Å².